The van der Waals surface area contributed by atoms with Crippen LogP contribution >= 0.6 is 11.6 Å². The molecule has 0 aliphatic rings. The van der Waals surface area contributed by atoms with Crippen LogP contribution < -0.4 is 0 Å². The van der Waals surface area contributed by atoms with E-state index in [2.05, 4.69) is 5.10 Å². The van der Waals surface area contributed by atoms with Gasteiger partial charge in [-0.15, -0.1) is 0 Å². The molecular formula is C13H14ClFN2. The van der Waals surface area contributed by atoms with Crippen LogP contribution in [0.3, 0.4) is 0 Å². The molecule has 0 bridgehead atoms. The minimum absolute atomic E-state index is 0.0214. The van der Waals surface area contributed by atoms with Crippen LogP contribution in [0.4, 0.5) is 4.39 Å². The number of benzene rings is 1. The number of aryl methyl sites for hydroxylation is 1. The summed E-state index contributed by atoms with van der Waals surface area (Å²) in [5, 5.41) is 4.85. The Morgan fingerprint density at radius 1 is 1.47 bits per heavy atom. The maximum Gasteiger partial charge on any atom is 0.123 e. The molecule has 0 saturated carbocycles. The van der Waals surface area contributed by atoms with Crippen molar-refractivity contribution in [1.29, 1.82) is 0 Å². The van der Waals surface area contributed by atoms with E-state index in [0.717, 1.165) is 17.5 Å². The minimum Gasteiger partial charge on any atom is -0.265 e. The second-order valence-electron chi connectivity index (χ2n) is 4.09. The molecule has 0 aliphatic heterocycles. The van der Waals surface area contributed by atoms with Gasteiger partial charge in [-0.1, -0.05) is 18.5 Å². The molecule has 90 valence electrons. The van der Waals surface area contributed by atoms with Crippen LogP contribution in [0.1, 0.15) is 30.5 Å². The molecule has 0 N–H and O–H groups in total. The van der Waals surface area contributed by atoms with Crippen LogP contribution in [-0.2, 0) is 0 Å². The molecule has 1 aromatic heterocycles. The first-order chi connectivity index (χ1) is 8.11. The van der Waals surface area contributed by atoms with E-state index in [1.807, 2.05) is 24.7 Å². The van der Waals surface area contributed by atoms with Gasteiger partial charge in [0.05, 0.1) is 12.2 Å². The Hall–Kier alpha value is -1.35. The van der Waals surface area contributed by atoms with E-state index in [9.17, 15) is 4.39 Å². The third kappa shape index (κ3) is 2.50. The number of hydrogen-bond donors (Lipinski definition) is 0. The van der Waals surface area contributed by atoms with E-state index < -0.39 is 0 Å². The maximum absolute atomic E-state index is 13.3. The van der Waals surface area contributed by atoms with Crippen molar-refractivity contribution in [3.05, 3.63) is 52.6 Å². The molecule has 1 aromatic carbocycles. The van der Waals surface area contributed by atoms with Gasteiger partial charge in [-0.3, -0.25) is 4.68 Å². The monoisotopic (exact) mass is 252 g/mol. The van der Waals surface area contributed by atoms with Crippen LogP contribution in [0.15, 0.2) is 30.6 Å². The fourth-order valence-corrected chi connectivity index (χ4v) is 2.17. The van der Waals surface area contributed by atoms with Gasteiger partial charge < -0.3 is 0 Å². The summed E-state index contributed by atoms with van der Waals surface area (Å²) in [6.07, 6.45) is 4.54. The zero-order valence-corrected chi connectivity index (χ0v) is 10.6. The molecule has 4 heteroatoms. The SMILES string of the molecule is CC[C@@H](c1cc(F)ccc1Cl)n1cc(C)cn1. The van der Waals surface area contributed by atoms with Crippen LogP contribution in [0.5, 0.6) is 0 Å². The van der Waals surface area contributed by atoms with E-state index in [1.165, 1.54) is 12.1 Å². The molecule has 1 heterocycles. The van der Waals surface area contributed by atoms with Crippen molar-refractivity contribution in [3.63, 3.8) is 0 Å². The number of halogens is 2. The number of rotatable bonds is 3. The summed E-state index contributed by atoms with van der Waals surface area (Å²) in [5.41, 5.74) is 1.85. The molecule has 0 radical (unpaired) electrons. The van der Waals surface area contributed by atoms with Crippen molar-refractivity contribution in [2.75, 3.05) is 0 Å². The lowest BCUT2D eigenvalue weighted by Crippen LogP contribution is -2.11. The lowest BCUT2D eigenvalue weighted by Gasteiger charge is -2.17. The molecule has 0 unspecified atom stereocenters. The van der Waals surface area contributed by atoms with E-state index in [4.69, 9.17) is 11.6 Å². The Morgan fingerprint density at radius 2 is 2.24 bits per heavy atom. The van der Waals surface area contributed by atoms with Gasteiger partial charge in [-0.2, -0.15) is 5.10 Å². The zero-order valence-electron chi connectivity index (χ0n) is 9.82. The molecule has 0 amide bonds. The Morgan fingerprint density at radius 3 is 2.82 bits per heavy atom. The highest BCUT2D eigenvalue weighted by Crippen LogP contribution is 2.28. The van der Waals surface area contributed by atoms with E-state index >= 15 is 0 Å². The van der Waals surface area contributed by atoms with Crippen LogP contribution in [0.2, 0.25) is 5.02 Å². The summed E-state index contributed by atoms with van der Waals surface area (Å²) >= 11 is 6.12. The van der Waals surface area contributed by atoms with Crippen molar-refractivity contribution in [2.45, 2.75) is 26.3 Å². The summed E-state index contributed by atoms with van der Waals surface area (Å²) in [6, 6.07) is 4.41. The Bertz CT molecular complexity index is 522. The molecule has 2 aromatic rings. The first-order valence-electron chi connectivity index (χ1n) is 5.57. The van der Waals surface area contributed by atoms with Crippen LogP contribution in [0.25, 0.3) is 0 Å². The molecule has 0 aliphatic carbocycles. The minimum atomic E-state index is -0.272. The summed E-state index contributed by atoms with van der Waals surface area (Å²) in [6.45, 7) is 4.01. The third-order valence-corrected chi connectivity index (χ3v) is 3.10. The number of hydrogen-bond acceptors (Lipinski definition) is 1. The molecule has 1 atom stereocenters. The van der Waals surface area contributed by atoms with E-state index in [1.54, 1.807) is 12.3 Å². The van der Waals surface area contributed by atoms with Crippen molar-refractivity contribution in [2.24, 2.45) is 0 Å². The molecular weight excluding hydrogens is 239 g/mol. The summed E-state index contributed by atoms with van der Waals surface area (Å²) in [5.74, 6) is -0.272. The Balaban J connectivity index is 2.45. The van der Waals surface area contributed by atoms with Gasteiger partial charge in [-0.05, 0) is 42.7 Å². The fourth-order valence-electron chi connectivity index (χ4n) is 1.92. The van der Waals surface area contributed by atoms with Gasteiger partial charge in [0.25, 0.3) is 0 Å². The second-order valence-corrected chi connectivity index (χ2v) is 4.49. The first-order valence-corrected chi connectivity index (χ1v) is 5.95. The van der Waals surface area contributed by atoms with Crippen LogP contribution in [0, 0.1) is 12.7 Å². The molecule has 2 nitrogen and oxygen atoms in total. The summed E-state index contributed by atoms with van der Waals surface area (Å²) in [4.78, 5) is 0. The van der Waals surface area contributed by atoms with Crippen molar-refractivity contribution < 1.29 is 4.39 Å². The summed E-state index contributed by atoms with van der Waals surface area (Å²) < 4.78 is 15.1. The zero-order chi connectivity index (χ0) is 12.4. The predicted molar refractivity (Wildman–Crippen MR) is 66.8 cm³/mol. The Labute approximate surface area is 105 Å². The van der Waals surface area contributed by atoms with Gasteiger partial charge in [0.2, 0.25) is 0 Å². The quantitative estimate of drug-likeness (QED) is 0.808. The van der Waals surface area contributed by atoms with E-state index in [-0.39, 0.29) is 11.9 Å². The first kappa shape index (κ1) is 12.1. The maximum atomic E-state index is 13.3. The normalized spacial score (nSPS) is 12.7. The molecule has 0 fully saturated rings. The van der Waals surface area contributed by atoms with E-state index in [0.29, 0.717) is 5.02 Å². The van der Waals surface area contributed by atoms with Gasteiger partial charge in [0.1, 0.15) is 5.82 Å². The topological polar surface area (TPSA) is 17.8 Å². The molecule has 2 rings (SSSR count). The number of nitrogens with zero attached hydrogens (tertiary/aromatic N) is 2. The highest BCUT2D eigenvalue weighted by molar-refractivity contribution is 6.31. The number of aromatic nitrogens is 2. The molecule has 17 heavy (non-hydrogen) atoms. The van der Waals surface area contributed by atoms with Crippen molar-refractivity contribution in [3.8, 4) is 0 Å². The lowest BCUT2D eigenvalue weighted by atomic mass is 10.0. The van der Waals surface area contributed by atoms with Gasteiger partial charge in [0.15, 0.2) is 0 Å². The third-order valence-electron chi connectivity index (χ3n) is 2.75. The largest absolute Gasteiger partial charge is 0.265 e. The second kappa shape index (κ2) is 4.88. The lowest BCUT2D eigenvalue weighted by molar-refractivity contribution is 0.505. The highest BCUT2D eigenvalue weighted by Gasteiger charge is 2.16. The standard InChI is InChI=1S/C13H14ClFN2/c1-3-13(17-8-9(2)7-16-17)11-6-10(15)4-5-12(11)14/h4-8,13H,3H2,1-2H3/t13-/m0/s1. The van der Waals surface area contributed by atoms with Crippen molar-refractivity contribution in [1.82, 2.24) is 9.78 Å². The molecule has 0 spiro atoms. The molecule has 0 saturated heterocycles. The average Bonchev–Trinajstić information content (AvgIpc) is 2.71. The smallest absolute Gasteiger partial charge is 0.123 e. The van der Waals surface area contributed by atoms with Gasteiger partial charge in [-0.25, -0.2) is 4.39 Å². The van der Waals surface area contributed by atoms with Gasteiger partial charge in [0, 0.05) is 11.2 Å². The summed E-state index contributed by atoms with van der Waals surface area (Å²) in [7, 11) is 0. The van der Waals surface area contributed by atoms with Crippen molar-refractivity contribution >= 4 is 11.6 Å². The Kier molecular flexibility index (Phi) is 3.48. The predicted octanol–water partition coefficient (Wildman–Crippen LogP) is 3.98. The highest BCUT2D eigenvalue weighted by atomic mass is 35.5. The van der Waals surface area contributed by atoms with Crippen LogP contribution in [-0.4, -0.2) is 9.78 Å². The average molecular weight is 253 g/mol. The fraction of sp³-hybridized carbons (Fsp3) is 0.308. The van der Waals surface area contributed by atoms with Gasteiger partial charge >= 0.3 is 0 Å².